The number of thiocarbonyl (C=S) groups is 1. The van der Waals surface area contributed by atoms with E-state index in [0.29, 0.717) is 18.1 Å². The van der Waals surface area contributed by atoms with Gasteiger partial charge in [0.05, 0.1) is 29.7 Å². The lowest BCUT2D eigenvalue weighted by Crippen LogP contribution is -2.32. The number of hydrogen-bond acceptors (Lipinski definition) is 4. The van der Waals surface area contributed by atoms with Crippen LogP contribution in [0.1, 0.15) is 41.1 Å². The predicted molar refractivity (Wildman–Crippen MR) is 145 cm³/mol. The van der Waals surface area contributed by atoms with E-state index in [4.69, 9.17) is 12.2 Å². The largest absolute Gasteiger partial charge is 0.352 e. The lowest BCUT2D eigenvalue weighted by Gasteiger charge is -2.28. The zero-order chi connectivity index (χ0) is 25.1. The van der Waals surface area contributed by atoms with Gasteiger partial charge in [0.15, 0.2) is 5.11 Å². The van der Waals surface area contributed by atoms with Crippen molar-refractivity contribution in [3.63, 3.8) is 0 Å². The van der Waals surface area contributed by atoms with E-state index >= 15 is 0 Å². The summed E-state index contributed by atoms with van der Waals surface area (Å²) in [7, 11) is 0. The molecule has 36 heavy (non-hydrogen) atoms. The van der Waals surface area contributed by atoms with Crippen LogP contribution in [0, 0.1) is 13.8 Å². The average Bonchev–Trinajstić information content (AvgIpc) is 3.38. The Bertz CT molecular complexity index is 1360. The van der Waals surface area contributed by atoms with Gasteiger partial charge in [-0.3, -0.25) is 14.8 Å². The summed E-state index contributed by atoms with van der Waals surface area (Å²) < 4.78 is 2.21. The van der Waals surface area contributed by atoms with Crippen LogP contribution in [-0.2, 0) is 4.79 Å². The van der Waals surface area contributed by atoms with E-state index in [1.807, 2.05) is 60.8 Å². The molecule has 0 bridgehead atoms. The third-order valence-electron chi connectivity index (χ3n) is 6.53. The number of nitrogens with zero attached hydrogens (tertiary/aromatic N) is 4. The Balaban J connectivity index is 1.47. The molecule has 2 atom stereocenters. The number of amides is 1. The number of benzene rings is 1. The van der Waals surface area contributed by atoms with Gasteiger partial charge in [0.2, 0.25) is 5.91 Å². The van der Waals surface area contributed by atoms with Crippen molar-refractivity contribution in [3.8, 4) is 5.69 Å². The summed E-state index contributed by atoms with van der Waals surface area (Å²) in [6.45, 7) is 4.69. The monoisotopic (exact) mass is 496 g/mol. The zero-order valence-corrected chi connectivity index (χ0v) is 21.1. The maximum Gasteiger partial charge on any atom is 0.226 e. The van der Waals surface area contributed by atoms with Crippen LogP contribution in [0.3, 0.4) is 0 Å². The van der Waals surface area contributed by atoms with E-state index in [2.05, 4.69) is 56.0 Å². The Hall–Kier alpha value is -4.04. The van der Waals surface area contributed by atoms with Gasteiger partial charge >= 0.3 is 0 Å². The van der Waals surface area contributed by atoms with Crippen molar-refractivity contribution < 1.29 is 4.79 Å². The number of aryl methyl sites for hydroxylation is 1. The van der Waals surface area contributed by atoms with Crippen LogP contribution >= 0.6 is 12.2 Å². The third kappa shape index (κ3) is 4.72. The van der Waals surface area contributed by atoms with E-state index in [9.17, 15) is 4.79 Å². The quantitative estimate of drug-likeness (QED) is 0.355. The Morgan fingerprint density at radius 1 is 1.06 bits per heavy atom. The van der Waals surface area contributed by atoms with Crippen LogP contribution in [0.5, 0.6) is 0 Å². The third-order valence-corrected chi connectivity index (χ3v) is 6.88. The first-order valence-electron chi connectivity index (χ1n) is 11.9. The smallest absolute Gasteiger partial charge is 0.226 e. The Labute approximate surface area is 216 Å². The maximum absolute atomic E-state index is 12.8. The molecule has 3 aromatic heterocycles. The molecular formula is C28H28N6OS. The second-order valence-electron chi connectivity index (χ2n) is 8.86. The number of para-hydroxylation sites is 1. The minimum atomic E-state index is -0.140. The molecule has 182 valence electrons. The summed E-state index contributed by atoms with van der Waals surface area (Å²) in [6.07, 6.45) is 5.75. The van der Waals surface area contributed by atoms with Gasteiger partial charge in [0, 0.05) is 42.4 Å². The molecule has 5 rings (SSSR count). The number of carbonyl (C=O) groups excluding carboxylic acids is 1. The van der Waals surface area contributed by atoms with Crippen LogP contribution in [0.15, 0.2) is 85.3 Å². The number of anilines is 1. The first-order chi connectivity index (χ1) is 17.5. The van der Waals surface area contributed by atoms with Gasteiger partial charge in [-0.2, -0.15) is 0 Å². The Morgan fingerprint density at radius 2 is 1.86 bits per heavy atom. The lowest BCUT2D eigenvalue weighted by molar-refractivity contribution is -0.116. The normalized spacial score (nSPS) is 17.2. The van der Waals surface area contributed by atoms with E-state index in [1.165, 1.54) is 0 Å². The fourth-order valence-electron chi connectivity index (χ4n) is 4.92. The van der Waals surface area contributed by atoms with Crippen molar-refractivity contribution in [2.75, 3.05) is 11.9 Å². The van der Waals surface area contributed by atoms with Crippen LogP contribution in [0.4, 0.5) is 5.69 Å². The predicted octanol–water partition coefficient (Wildman–Crippen LogP) is 4.89. The number of aromatic nitrogens is 3. The van der Waals surface area contributed by atoms with E-state index in [0.717, 1.165) is 34.0 Å². The van der Waals surface area contributed by atoms with Crippen molar-refractivity contribution in [3.05, 3.63) is 108 Å². The molecule has 0 saturated carbocycles. The van der Waals surface area contributed by atoms with Crippen molar-refractivity contribution in [1.29, 1.82) is 0 Å². The number of pyridine rings is 2. The van der Waals surface area contributed by atoms with Gasteiger partial charge < -0.3 is 20.1 Å². The summed E-state index contributed by atoms with van der Waals surface area (Å²) in [5.41, 5.74) is 6.06. The molecule has 0 aliphatic carbocycles. The molecule has 0 unspecified atom stereocenters. The highest BCUT2D eigenvalue weighted by atomic mass is 32.1. The molecular weight excluding hydrogens is 468 g/mol. The SMILES string of the molecule is Cc1cc([C@@H]2[C@H](c3ccccn3)NC(=S)N2CCC(=O)Nc2ccccc2)c(C)n1-c1cccnc1. The molecule has 0 radical (unpaired) electrons. The molecule has 4 heterocycles. The first-order valence-corrected chi connectivity index (χ1v) is 12.4. The molecule has 1 aliphatic rings. The molecule has 1 amide bonds. The number of carbonyl (C=O) groups is 1. The number of rotatable bonds is 7. The molecule has 1 aliphatic heterocycles. The van der Waals surface area contributed by atoms with Gasteiger partial charge in [0.25, 0.3) is 0 Å². The molecule has 2 N–H and O–H groups in total. The average molecular weight is 497 g/mol. The minimum absolute atomic E-state index is 0.0510. The minimum Gasteiger partial charge on any atom is -0.352 e. The fourth-order valence-corrected chi connectivity index (χ4v) is 5.25. The molecule has 7 nitrogen and oxygen atoms in total. The first kappa shape index (κ1) is 23.7. The van der Waals surface area contributed by atoms with E-state index in [-0.39, 0.29) is 18.0 Å². The zero-order valence-electron chi connectivity index (χ0n) is 20.3. The van der Waals surface area contributed by atoms with E-state index < -0.39 is 0 Å². The van der Waals surface area contributed by atoms with Crippen LogP contribution in [0.25, 0.3) is 5.69 Å². The van der Waals surface area contributed by atoms with E-state index in [1.54, 1.807) is 12.4 Å². The second-order valence-corrected chi connectivity index (χ2v) is 9.24. The van der Waals surface area contributed by atoms with Crippen molar-refractivity contribution in [2.24, 2.45) is 0 Å². The number of nitrogens with one attached hydrogen (secondary N) is 2. The summed E-state index contributed by atoms with van der Waals surface area (Å²) in [4.78, 5) is 23.8. The Morgan fingerprint density at radius 3 is 2.58 bits per heavy atom. The van der Waals surface area contributed by atoms with Crippen LogP contribution in [-0.4, -0.2) is 37.0 Å². The topological polar surface area (TPSA) is 75.1 Å². The highest BCUT2D eigenvalue weighted by Crippen LogP contribution is 2.41. The fraction of sp³-hybridized carbons (Fsp3) is 0.214. The highest BCUT2D eigenvalue weighted by molar-refractivity contribution is 7.80. The molecule has 1 saturated heterocycles. The lowest BCUT2D eigenvalue weighted by atomic mass is 9.96. The second kappa shape index (κ2) is 10.3. The van der Waals surface area contributed by atoms with Crippen molar-refractivity contribution >= 4 is 28.9 Å². The molecule has 8 heteroatoms. The van der Waals surface area contributed by atoms with Crippen LogP contribution in [0.2, 0.25) is 0 Å². The molecule has 1 fully saturated rings. The standard InChI is InChI=1S/C28H28N6OS/c1-19-17-23(20(2)34(19)22-11-8-14-29-18-22)27-26(24-12-6-7-15-30-24)32-28(36)33(27)16-13-25(35)31-21-9-4-3-5-10-21/h3-12,14-15,17-18,26-27H,13,16H2,1-2H3,(H,31,35)(H,32,36)/t26-,27+/m0/s1. The molecule has 0 spiro atoms. The van der Waals surface area contributed by atoms with Gasteiger partial charge in [-0.25, -0.2) is 0 Å². The maximum atomic E-state index is 12.8. The summed E-state index contributed by atoms with van der Waals surface area (Å²) in [6, 6.07) is 21.3. The summed E-state index contributed by atoms with van der Waals surface area (Å²) in [5.74, 6) is -0.0510. The van der Waals surface area contributed by atoms with Gasteiger partial charge in [-0.05, 0) is 74.1 Å². The van der Waals surface area contributed by atoms with Gasteiger partial charge in [-0.1, -0.05) is 24.3 Å². The Kier molecular flexibility index (Phi) is 6.77. The highest BCUT2D eigenvalue weighted by Gasteiger charge is 2.41. The van der Waals surface area contributed by atoms with Crippen LogP contribution < -0.4 is 10.6 Å². The van der Waals surface area contributed by atoms with Crippen molar-refractivity contribution in [1.82, 2.24) is 24.8 Å². The number of hydrogen-bond donors (Lipinski definition) is 2. The summed E-state index contributed by atoms with van der Waals surface area (Å²) >= 11 is 5.79. The summed E-state index contributed by atoms with van der Waals surface area (Å²) in [5, 5.41) is 7.07. The van der Waals surface area contributed by atoms with Gasteiger partial charge in [0.1, 0.15) is 0 Å². The molecule has 1 aromatic carbocycles. The van der Waals surface area contributed by atoms with Crippen molar-refractivity contribution in [2.45, 2.75) is 32.4 Å². The van der Waals surface area contributed by atoms with Gasteiger partial charge in [-0.15, -0.1) is 0 Å². The molecule has 4 aromatic rings.